The van der Waals surface area contributed by atoms with Gasteiger partial charge in [-0.3, -0.25) is 4.99 Å². The van der Waals surface area contributed by atoms with Crippen LogP contribution in [0.5, 0.6) is 0 Å². The Labute approximate surface area is 155 Å². The fourth-order valence-electron chi connectivity index (χ4n) is 3.69. The molecule has 2 fully saturated rings. The van der Waals surface area contributed by atoms with E-state index in [0.29, 0.717) is 5.82 Å². The number of hydrogen-bond acceptors (Lipinski definition) is 4. The second-order valence-electron chi connectivity index (χ2n) is 7.41. The van der Waals surface area contributed by atoms with Crippen LogP contribution in [0.25, 0.3) is 0 Å². The Bertz CT molecular complexity index is 599. The van der Waals surface area contributed by atoms with E-state index in [4.69, 9.17) is 0 Å². The molecule has 7 heteroatoms. The summed E-state index contributed by atoms with van der Waals surface area (Å²) in [5.41, 5.74) is 0. The van der Waals surface area contributed by atoms with E-state index < -0.39 is 0 Å². The molecule has 144 valence electrons. The van der Waals surface area contributed by atoms with E-state index in [2.05, 4.69) is 32.4 Å². The lowest BCUT2D eigenvalue weighted by atomic mass is 9.99. The minimum absolute atomic E-state index is 0.249. The van der Waals surface area contributed by atoms with Crippen molar-refractivity contribution in [3.63, 3.8) is 0 Å². The van der Waals surface area contributed by atoms with Crippen molar-refractivity contribution in [2.45, 2.75) is 32.2 Å². The molecule has 2 aliphatic heterocycles. The molecule has 0 radical (unpaired) electrons. The summed E-state index contributed by atoms with van der Waals surface area (Å²) < 4.78 is 13.9. The molecule has 6 nitrogen and oxygen atoms in total. The van der Waals surface area contributed by atoms with Crippen LogP contribution < -0.4 is 15.5 Å². The molecule has 3 rings (SSSR count). The van der Waals surface area contributed by atoms with E-state index in [9.17, 15) is 4.39 Å². The molecule has 1 aromatic heterocycles. The molecule has 3 heterocycles. The zero-order valence-corrected chi connectivity index (χ0v) is 15.9. The van der Waals surface area contributed by atoms with Gasteiger partial charge in [0.05, 0.1) is 0 Å². The maximum absolute atomic E-state index is 13.9. The molecule has 26 heavy (non-hydrogen) atoms. The summed E-state index contributed by atoms with van der Waals surface area (Å²) in [5, 5.41) is 6.87. The third-order valence-corrected chi connectivity index (χ3v) is 5.39. The number of nitrogens with one attached hydrogen (secondary N) is 2. The van der Waals surface area contributed by atoms with Gasteiger partial charge < -0.3 is 20.4 Å². The zero-order chi connectivity index (χ0) is 18.4. The monoisotopic (exact) mass is 362 g/mol. The fraction of sp³-hybridized carbons (Fsp3) is 0.684. The van der Waals surface area contributed by atoms with E-state index >= 15 is 0 Å². The largest absolute Gasteiger partial charge is 0.355 e. The van der Waals surface area contributed by atoms with E-state index in [0.717, 1.165) is 44.5 Å². The fourth-order valence-corrected chi connectivity index (χ4v) is 3.69. The minimum atomic E-state index is -0.258. The third-order valence-electron chi connectivity index (χ3n) is 5.39. The first-order chi connectivity index (χ1) is 12.7. The average molecular weight is 362 g/mol. The number of nitrogens with zero attached hydrogens (tertiary/aromatic N) is 4. The van der Waals surface area contributed by atoms with Crippen LogP contribution in [0.15, 0.2) is 23.3 Å². The van der Waals surface area contributed by atoms with Gasteiger partial charge >= 0.3 is 0 Å². The Balaban J connectivity index is 1.41. The van der Waals surface area contributed by atoms with Crippen LogP contribution in [-0.2, 0) is 0 Å². The Morgan fingerprint density at radius 3 is 2.85 bits per heavy atom. The van der Waals surface area contributed by atoms with Gasteiger partial charge in [0.1, 0.15) is 0 Å². The van der Waals surface area contributed by atoms with E-state index in [1.54, 1.807) is 19.3 Å². The maximum Gasteiger partial charge on any atom is 0.191 e. The van der Waals surface area contributed by atoms with Crippen LogP contribution in [0.1, 0.15) is 26.2 Å². The molecular formula is C19H31FN6. The molecule has 0 spiro atoms. The van der Waals surface area contributed by atoms with Crippen molar-refractivity contribution in [2.75, 3.05) is 51.2 Å². The summed E-state index contributed by atoms with van der Waals surface area (Å²) in [7, 11) is 1.79. The molecule has 0 amide bonds. The van der Waals surface area contributed by atoms with E-state index in [1.807, 2.05) is 4.90 Å². The quantitative estimate of drug-likeness (QED) is 0.617. The normalized spacial score (nSPS) is 22.7. The predicted molar refractivity (Wildman–Crippen MR) is 104 cm³/mol. The summed E-state index contributed by atoms with van der Waals surface area (Å²) in [6.07, 6.45) is 5.19. The van der Waals surface area contributed by atoms with Gasteiger partial charge in [0, 0.05) is 45.5 Å². The van der Waals surface area contributed by atoms with Crippen LogP contribution in [0.2, 0.25) is 0 Å². The summed E-state index contributed by atoms with van der Waals surface area (Å²) in [4.78, 5) is 13.0. The van der Waals surface area contributed by atoms with Crippen molar-refractivity contribution in [1.29, 1.82) is 0 Å². The van der Waals surface area contributed by atoms with Gasteiger partial charge in [0.25, 0.3) is 0 Å². The second-order valence-corrected chi connectivity index (χ2v) is 7.41. The van der Waals surface area contributed by atoms with Gasteiger partial charge in [0.15, 0.2) is 17.6 Å². The average Bonchev–Trinajstić information content (AvgIpc) is 3.11. The lowest BCUT2D eigenvalue weighted by molar-refractivity contribution is 0.195. The zero-order valence-electron chi connectivity index (χ0n) is 15.9. The maximum atomic E-state index is 13.9. The predicted octanol–water partition coefficient (Wildman–Crippen LogP) is 1.70. The second kappa shape index (κ2) is 9.16. The van der Waals surface area contributed by atoms with Gasteiger partial charge in [-0.15, -0.1) is 0 Å². The Kier molecular flexibility index (Phi) is 6.66. The van der Waals surface area contributed by atoms with Crippen molar-refractivity contribution in [1.82, 2.24) is 20.5 Å². The number of pyridine rings is 1. The van der Waals surface area contributed by atoms with Gasteiger partial charge in [-0.25, -0.2) is 9.37 Å². The SMILES string of the molecule is CN=C(NCCN1CCC(C)CC1)NC1CCN(c2ncccc2F)C1. The van der Waals surface area contributed by atoms with Gasteiger partial charge in [-0.05, 0) is 50.4 Å². The van der Waals surface area contributed by atoms with Crippen molar-refractivity contribution >= 4 is 11.8 Å². The number of anilines is 1. The van der Waals surface area contributed by atoms with Crippen molar-refractivity contribution in [3.8, 4) is 0 Å². The molecule has 0 saturated carbocycles. The van der Waals surface area contributed by atoms with Crippen LogP contribution in [0.3, 0.4) is 0 Å². The first-order valence-electron chi connectivity index (χ1n) is 9.70. The van der Waals surface area contributed by atoms with Crippen molar-refractivity contribution in [2.24, 2.45) is 10.9 Å². The highest BCUT2D eigenvalue weighted by Gasteiger charge is 2.26. The molecule has 1 atom stereocenters. The number of likely N-dealkylation sites (tertiary alicyclic amines) is 1. The third kappa shape index (κ3) is 5.06. The highest BCUT2D eigenvalue weighted by atomic mass is 19.1. The number of aromatic nitrogens is 1. The van der Waals surface area contributed by atoms with Crippen LogP contribution in [0, 0.1) is 11.7 Å². The molecule has 0 bridgehead atoms. The van der Waals surface area contributed by atoms with Crippen LogP contribution >= 0.6 is 0 Å². The number of piperidine rings is 1. The summed E-state index contributed by atoms with van der Waals surface area (Å²) in [6.45, 7) is 8.20. The molecule has 1 unspecified atom stereocenters. The minimum Gasteiger partial charge on any atom is -0.355 e. The molecule has 2 N–H and O–H groups in total. The van der Waals surface area contributed by atoms with Crippen LogP contribution in [0.4, 0.5) is 10.2 Å². The smallest absolute Gasteiger partial charge is 0.191 e. The molecular weight excluding hydrogens is 331 g/mol. The molecule has 0 aliphatic carbocycles. The Morgan fingerprint density at radius 1 is 1.31 bits per heavy atom. The Hall–Kier alpha value is -1.89. The summed E-state index contributed by atoms with van der Waals surface area (Å²) in [5.74, 6) is 1.87. The first-order valence-corrected chi connectivity index (χ1v) is 9.70. The highest BCUT2D eigenvalue weighted by molar-refractivity contribution is 5.80. The number of hydrogen-bond donors (Lipinski definition) is 2. The molecule has 2 saturated heterocycles. The highest BCUT2D eigenvalue weighted by Crippen LogP contribution is 2.20. The number of aliphatic imine (C=N–C) groups is 1. The molecule has 2 aliphatic rings. The van der Waals surface area contributed by atoms with E-state index in [-0.39, 0.29) is 11.9 Å². The molecule has 1 aromatic rings. The van der Waals surface area contributed by atoms with Gasteiger partial charge in [0.2, 0.25) is 0 Å². The lowest BCUT2D eigenvalue weighted by Gasteiger charge is -2.30. The van der Waals surface area contributed by atoms with E-state index in [1.165, 1.54) is 32.0 Å². The Morgan fingerprint density at radius 2 is 2.12 bits per heavy atom. The van der Waals surface area contributed by atoms with Gasteiger partial charge in [-0.1, -0.05) is 6.92 Å². The van der Waals surface area contributed by atoms with Crippen molar-refractivity contribution < 1.29 is 4.39 Å². The van der Waals surface area contributed by atoms with Crippen LogP contribution in [-0.4, -0.2) is 68.2 Å². The van der Waals surface area contributed by atoms with Gasteiger partial charge in [-0.2, -0.15) is 0 Å². The first kappa shape index (κ1) is 18.9. The van der Waals surface area contributed by atoms with Crippen molar-refractivity contribution in [3.05, 3.63) is 24.1 Å². The topological polar surface area (TPSA) is 55.8 Å². The summed E-state index contributed by atoms with van der Waals surface area (Å²) in [6, 6.07) is 3.34. The lowest BCUT2D eigenvalue weighted by Crippen LogP contribution is -2.47. The summed E-state index contributed by atoms with van der Waals surface area (Å²) >= 11 is 0. The number of guanidine groups is 1. The number of rotatable bonds is 5. The standard InChI is InChI=1S/C19H31FN6/c1-15-5-10-25(11-6-15)13-9-23-19(21-2)24-16-7-12-26(14-16)18-17(20)4-3-8-22-18/h3-4,8,15-16H,5-7,9-14H2,1-2H3,(H2,21,23,24). The molecule has 0 aromatic carbocycles. The number of halogens is 1.